The van der Waals surface area contributed by atoms with E-state index in [1.165, 1.54) is 12.1 Å². The van der Waals surface area contributed by atoms with Crippen molar-refractivity contribution in [3.8, 4) is 0 Å². The van der Waals surface area contributed by atoms with Crippen LogP contribution in [0.3, 0.4) is 0 Å². The zero-order valence-corrected chi connectivity index (χ0v) is 18.2. The van der Waals surface area contributed by atoms with Crippen molar-refractivity contribution in [2.45, 2.75) is 25.1 Å². The lowest BCUT2D eigenvalue weighted by Gasteiger charge is -2.36. The third-order valence-electron chi connectivity index (χ3n) is 4.59. The summed E-state index contributed by atoms with van der Waals surface area (Å²) in [6.07, 6.45) is -2.19. The van der Waals surface area contributed by atoms with E-state index in [0.29, 0.717) is 44.5 Å². The molecule has 3 rings (SSSR count). The van der Waals surface area contributed by atoms with E-state index < -0.39 is 35.6 Å². The molecule has 0 radical (unpaired) electrons. The van der Waals surface area contributed by atoms with Crippen molar-refractivity contribution in [2.75, 3.05) is 37.6 Å². The van der Waals surface area contributed by atoms with Crippen molar-refractivity contribution >= 4 is 35.5 Å². The van der Waals surface area contributed by atoms with Crippen molar-refractivity contribution in [2.24, 2.45) is 0 Å². The predicted molar refractivity (Wildman–Crippen MR) is 112 cm³/mol. The van der Waals surface area contributed by atoms with Gasteiger partial charge in [-0.25, -0.2) is 19.2 Å². The van der Waals surface area contributed by atoms with Gasteiger partial charge in [-0.15, -0.1) is 0 Å². The van der Waals surface area contributed by atoms with E-state index in [0.717, 1.165) is 18.9 Å². The Labute approximate surface area is 196 Å². The molecular formula is C20H24F3N3O9. The lowest BCUT2D eigenvalue weighted by atomic mass is 10.1. The van der Waals surface area contributed by atoms with Crippen LogP contribution in [0.15, 0.2) is 24.3 Å². The van der Waals surface area contributed by atoms with Crippen molar-refractivity contribution in [3.63, 3.8) is 0 Å². The van der Waals surface area contributed by atoms with Gasteiger partial charge >= 0.3 is 30.1 Å². The monoisotopic (exact) mass is 507 g/mol. The van der Waals surface area contributed by atoms with Gasteiger partial charge in [0.2, 0.25) is 5.91 Å². The molecule has 194 valence electrons. The number of carbonyl (C=O) groups excluding carboxylic acids is 1. The Hall–Kier alpha value is -3.88. The molecule has 35 heavy (non-hydrogen) atoms. The number of benzene rings is 1. The Morgan fingerprint density at radius 3 is 1.74 bits per heavy atom. The minimum absolute atomic E-state index is 0.0417. The summed E-state index contributed by atoms with van der Waals surface area (Å²) in [6, 6.07) is 5.77. The number of carboxylic acids is 4. The maximum atomic E-state index is 12.8. The fourth-order valence-corrected chi connectivity index (χ4v) is 2.75. The minimum atomic E-state index is -4.32. The largest absolute Gasteiger partial charge is 0.473 e. The van der Waals surface area contributed by atoms with E-state index >= 15 is 0 Å². The Balaban J connectivity index is 0.000000425. The van der Waals surface area contributed by atoms with Gasteiger partial charge in [0.25, 0.3) is 0 Å². The molecule has 0 atom stereocenters. The molecule has 1 aromatic rings. The van der Waals surface area contributed by atoms with Gasteiger partial charge in [-0.2, -0.15) is 13.2 Å². The van der Waals surface area contributed by atoms with E-state index in [4.69, 9.17) is 39.6 Å². The summed E-state index contributed by atoms with van der Waals surface area (Å²) in [4.78, 5) is 52.2. The first-order valence-electron chi connectivity index (χ1n) is 10.1. The maximum absolute atomic E-state index is 12.8. The molecule has 0 unspecified atom stereocenters. The van der Waals surface area contributed by atoms with Crippen LogP contribution in [-0.4, -0.2) is 93.9 Å². The number of amides is 1. The molecule has 0 bridgehead atoms. The fraction of sp³-hybridized carbons (Fsp3) is 0.450. The number of hydrogen-bond acceptors (Lipinski definition) is 7. The van der Waals surface area contributed by atoms with E-state index in [1.54, 1.807) is 6.07 Å². The molecule has 1 heterocycles. The smallest absolute Gasteiger partial charge is 0.416 e. The third-order valence-corrected chi connectivity index (χ3v) is 4.59. The summed E-state index contributed by atoms with van der Waals surface area (Å²) in [5.41, 5.74) is -0.0388. The highest BCUT2D eigenvalue weighted by Gasteiger charge is 2.31. The van der Waals surface area contributed by atoms with Crippen LogP contribution in [0.25, 0.3) is 0 Å². The van der Waals surface area contributed by atoms with E-state index in [1.807, 2.05) is 9.80 Å². The first-order chi connectivity index (χ1) is 16.2. The van der Waals surface area contributed by atoms with Crippen molar-refractivity contribution in [1.29, 1.82) is 0 Å². The van der Waals surface area contributed by atoms with Gasteiger partial charge in [-0.05, 0) is 31.0 Å². The third kappa shape index (κ3) is 11.7. The summed E-state index contributed by atoms with van der Waals surface area (Å²) in [7, 11) is 0. The number of alkyl halides is 3. The zero-order valence-electron chi connectivity index (χ0n) is 18.2. The number of carboxylic acid groups (broad SMARTS) is 4. The van der Waals surface area contributed by atoms with Crippen LogP contribution < -0.4 is 10.2 Å². The summed E-state index contributed by atoms with van der Waals surface area (Å²) >= 11 is 0. The number of anilines is 1. The number of carbonyl (C=O) groups is 5. The number of nitrogens with zero attached hydrogens (tertiary/aromatic N) is 2. The van der Waals surface area contributed by atoms with Crippen LogP contribution in [0.5, 0.6) is 0 Å². The normalized spacial score (nSPS) is 15.5. The molecule has 0 spiro atoms. The molecule has 1 aromatic carbocycles. The lowest BCUT2D eigenvalue weighted by molar-refractivity contribution is -0.159. The Kier molecular flexibility index (Phi) is 10.9. The summed E-state index contributed by atoms with van der Waals surface area (Å²) in [5.74, 6) is -7.25. The molecule has 2 aliphatic rings. The second kappa shape index (κ2) is 13.1. The number of rotatable bonds is 4. The highest BCUT2D eigenvalue weighted by molar-refractivity contribution is 6.27. The fourth-order valence-electron chi connectivity index (χ4n) is 2.75. The molecule has 5 N–H and O–H groups in total. The molecule has 1 saturated carbocycles. The van der Waals surface area contributed by atoms with E-state index in [-0.39, 0.29) is 5.91 Å². The van der Waals surface area contributed by atoms with Gasteiger partial charge in [0.1, 0.15) is 0 Å². The average molecular weight is 507 g/mol. The summed E-state index contributed by atoms with van der Waals surface area (Å²) in [5, 5.41) is 32.5. The number of hydrogen-bond donors (Lipinski definition) is 5. The van der Waals surface area contributed by atoms with Gasteiger partial charge in [-0.3, -0.25) is 9.69 Å². The van der Waals surface area contributed by atoms with E-state index in [2.05, 4.69) is 5.32 Å². The molecule has 2 fully saturated rings. The molecule has 12 nitrogen and oxygen atoms in total. The van der Waals surface area contributed by atoms with Crippen LogP contribution in [0.1, 0.15) is 18.4 Å². The first kappa shape index (κ1) is 29.2. The van der Waals surface area contributed by atoms with Crippen LogP contribution in [-0.2, 0) is 30.1 Å². The number of halogens is 3. The molecule has 1 aliphatic carbocycles. The first-order valence-corrected chi connectivity index (χ1v) is 10.1. The second-order valence-electron chi connectivity index (χ2n) is 7.37. The summed E-state index contributed by atoms with van der Waals surface area (Å²) in [6.45, 7) is 2.96. The minimum Gasteiger partial charge on any atom is -0.473 e. The molecule has 15 heteroatoms. The Morgan fingerprint density at radius 1 is 0.857 bits per heavy atom. The quantitative estimate of drug-likeness (QED) is 0.356. The van der Waals surface area contributed by atoms with Gasteiger partial charge in [0.05, 0.1) is 12.1 Å². The van der Waals surface area contributed by atoms with E-state index in [9.17, 15) is 18.0 Å². The standard InChI is InChI=1S/C16H20F3N3O.2C2H2O4/c17-16(18,19)12-2-1-3-14(10-12)22-8-6-21(7-9-22)11-15(23)20-13-4-5-13;2*3-1(4)2(5)6/h1-3,10,13H,4-9,11H2,(H,20,23);2*(H,3,4)(H,5,6). The number of aliphatic carboxylic acids is 4. The highest BCUT2D eigenvalue weighted by atomic mass is 19.4. The topological polar surface area (TPSA) is 185 Å². The zero-order chi connectivity index (χ0) is 26.8. The molecule has 1 amide bonds. The van der Waals surface area contributed by atoms with Crippen molar-refractivity contribution in [1.82, 2.24) is 10.2 Å². The SMILES string of the molecule is O=C(CN1CCN(c2cccc(C(F)(F)F)c2)CC1)NC1CC1.O=C(O)C(=O)O.O=C(O)C(=O)O. The average Bonchev–Trinajstić information content (AvgIpc) is 3.58. The maximum Gasteiger partial charge on any atom is 0.416 e. The second-order valence-corrected chi connectivity index (χ2v) is 7.37. The van der Waals surface area contributed by atoms with Crippen molar-refractivity contribution in [3.05, 3.63) is 29.8 Å². The van der Waals surface area contributed by atoms with Crippen LogP contribution in [0, 0.1) is 0 Å². The van der Waals surface area contributed by atoms with Gasteiger partial charge in [-0.1, -0.05) is 6.07 Å². The predicted octanol–water partition coefficient (Wildman–Crippen LogP) is 0.417. The number of piperazine rings is 1. The Morgan fingerprint density at radius 2 is 1.34 bits per heavy atom. The van der Waals surface area contributed by atoms with Crippen molar-refractivity contribution < 1.29 is 57.6 Å². The van der Waals surface area contributed by atoms with Crippen LogP contribution in [0.2, 0.25) is 0 Å². The molecule has 0 aromatic heterocycles. The molecule has 1 aliphatic heterocycles. The van der Waals surface area contributed by atoms with Crippen LogP contribution in [0.4, 0.5) is 18.9 Å². The summed E-state index contributed by atoms with van der Waals surface area (Å²) < 4.78 is 38.3. The van der Waals surface area contributed by atoms with Crippen LogP contribution >= 0.6 is 0 Å². The highest BCUT2D eigenvalue weighted by Crippen LogP contribution is 2.31. The molecular weight excluding hydrogens is 483 g/mol. The number of nitrogens with one attached hydrogen (secondary N) is 1. The lowest BCUT2D eigenvalue weighted by Crippen LogP contribution is -2.49. The molecule has 1 saturated heterocycles. The Bertz CT molecular complexity index is 880. The van der Waals surface area contributed by atoms with Gasteiger partial charge in [0, 0.05) is 37.9 Å². The van der Waals surface area contributed by atoms with Gasteiger partial charge < -0.3 is 30.6 Å². The van der Waals surface area contributed by atoms with Gasteiger partial charge in [0.15, 0.2) is 0 Å².